The van der Waals surface area contributed by atoms with Gasteiger partial charge < -0.3 is 6.15 Å². The van der Waals surface area contributed by atoms with Crippen molar-refractivity contribution >= 4 is 0 Å². The van der Waals surface area contributed by atoms with Crippen molar-refractivity contribution in [1.29, 1.82) is 0 Å². The molecule has 0 fully saturated rings. The SMILES string of the molecule is N.O=[N+](O)O.[NH3+]O[N+](=O)[O-]. The van der Waals surface area contributed by atoms with E-state index in [0.29, 0.717) is 0 Å². The Hall–Kier alpha value is -1.68. The molecule has 0 aliphatic carbocycles. The summed E-state index contributed by atoms with van der Waals surface area (Å²) in [4.78, 5) is 20.6. The van der Waals surface area contributed by atoms with Crippen molar-refractivity contribution in [2.75, 3.05) is 0 Å². The predicted octanol–water partition coefficient (Wildman–Crippen LogP) is -1.94. The molecule has 0 bridgehead atoms. The molecule has 62 valence electrons. The standard InChI is InChI=1S/H3N2O3.H2NO3.H3N/c1-5-2(3)4;2-1(3)4;/h1H3;(H2,2,3,4);1H3/q2*+1;. The van der Waals surface area contributed by atoms with Crippen molar-refractivity contribution in [2.24, 2.45) is 0 Å². The lowest BCUT2D eigenvalue weighted by Crippen LogP contribution is -2.50. The van der Waals surface area contributed by atoms with Crippen LogP contribution in [0.25, 0.3) is 0 Å². The molecule has 8 N–H and O–H groups in total. The van der Waals surface area contributed by atoms with E-state index < -0.39 is 10.2 Å². The van der Waals surface area contributed by atoms with Crippen molar-refractivity contribution in [3.63, 3.8) is 0 Å². The minimum Gasteiger partial charge on any atom is -0.344 e. The highest BCUT2D eigenvalue weighted by Crippen LogP contribution is 1.49. The summed E-state index contributed by atoms with van der Waals surface area (Å²) in [6, 6.07) is 0. The van der Waals surface area contributed by atoms with Crippen LogP contribution in [-0.4, -0.2) is 20.6 Å². The van der Waals surface area contributed by atoms with Crippen LogP contribution in [0.3, 0.4) is 0 Å². The van der Waals surface area contributed by atoms with E-state index in [1.54, 1.807) is 0 Å². The highest BCUT2D eigenvalue weighted by molar-refractivity contribution is 3.84. The van der Waals surface area contributed by atoms with Crippen LogP contribution >= 0.6 is 0 Å². The van der Waals surface area contributed by atoms with Gasteiger partial charge in [-0.2, -0.15) is 5.90 Å². The maximum Gasteiger partial charge on any atom is 0.472 e. The lowest BCUT2D eigenvalue weighted by Gasteiger charge is -1.69. The molecule has 0 amide bonds. The van der Waals surface area contributed by atoms with E-state index in [-0.39, 0.29) is 6.15 Å². The average Bonchev–Trinajstić information content (AvgIpc) is 1.65. The Morgan fingerprint density at radius 2 is 1.50 bits per heavy atom. The molecule has 0 aliphatic rings. The molecular formula is H8N4O6+2. The second kappa shape index (κ2) is 10.3. The van der Waals surface area contributed by atoms with Crippen molar-refractivity contribution in [3.8, 4) is 0 Å². The van der Waals surface area contributed by atoms with Gasteiger partial charge in [0, 0.05) is 0 Å². The number of hydrogen-bond donors (Lipinski definition) is 4. The van der Waals surface area contributed by atoms with Gasteiger partial charge in [0.05, 0.1) is 0 Å². The van der Waals surface area contributed by atoms with Crippen molar-refractivity contribution in [2.45, 2.75) is 0 Å². The third kappa shape index (κ3) is 1750. The van der Waals surface area contributed by atoms with E-state index in [9.17, 15) is 0 Å². The molecule has 0 heterocycles. The Balaban J connectivity index is -0.0000000910. The minimum atomic E-state index is -1.25. The topological polar surface area (TPSA) is 176 Å². The van der Waals surface area contributed by atoms with Crippen LogP contribution in [0, 0.1) is 15.0 Å². The summed E-state index contributed by atoms with van der Waals surface area (Å²) in [7, 11) is 0. The molecule has 0 saturated heterocycles. The van der Waals surface area contributed by atoms with Crippen molar-refractivity contribution in [3.05, 3.63) is 15.0 Å². The highest BCUT2D eigenvalue weighted by atomic mass is 17.0. The predicted molar refractivity (Wildman–Crippen MR) is 23.2 cm³/mol. The Morgan fingerprint density at radius 1 is 1.40 bits per heavy atom. The zero-order chi connectivity index (χ0) is 7.86. The van der Waals surface area contributed by atoms with Crippen LogP contribution < -0.4 is 12.0 Å². The van der Waals surface area contributed by atoms with E-state index in [0.717, 1.165) is 0 Å². The van der Waals surface area contributed by atoms with Crippen LogP contribution in [-0.2, 0) is 4.94 Å². The lowest BCUT2D eigenvalue weighted by atomic mass is 13.0. The molecule has 10 heteroatoms. The first-order valence-electron chi connectivity index (χ1n) is 1.42. The van der Waals surface area contributed by atoms with Crippen molar-refractivity contribution < 1.29 is 31.4 Å². The first kappa shape index (κ1) is 15.8. The lowest BCUT2D eigenvalue weighted by molar-refractivity contribution is -1.00. The summed E-state index contributed by atoms with van der Waals surface area (Å²) in [5.41, 5.74) is 0. The highest BCUT2D eigenvalue weighted by Gasteiger charge is 1.82. The second-order valence-electron chi connectivity index (χ2n) is 0.605. The maximum absolute atomic E-state index is 8.89. The van der Waals surface area contributed by atoms with Crippen molar-refractivity contribution in [1.82, 2.24) is 6.15 Å². The molecular weight excluding hydrogens is 152 g/mol. The van der Waals surface area contributed by atoms with Crippen LogP contribution in [0.4, 0.5) is 0 Å². The van der Waals surface area contributed by atoms with Gasteiger partial charge in [-0.15, -0.1) is 15.1 Å². The fraction of sp³-hybridized carbons (Fsp3) is 0. The van der Waals surface area contributed by atoms with E-state index >= 15 is 0 Å². The first-order chi connectivity index (χ1) is 4.00. The van der Waals surface area contributed by atoms with E-state index in [2.05, 4.69) is 10.8 Å². The molecule has 0 aromatic carbocycles. The number of hydrogen-bond acceptors (Lipinski definition) is 5. The molecule has 0 aromatic heterocycles. The Kier molecular flexibility index (Phi) is 16.3. The summed E-state index contributed by atoms with van der Waals surface area (Å²) < 4.78 is 0. The summed E-state index contributed by atoms with van der Waals surface area (Å²) >= 11 is 0. The monoisotopic (exact) mass is 160 g/mol. The summed E-state index contributed by atoms with van der Waals surface area (Å²) in [5, 5.41) is 20.4. The number of nitrogens with zero attached hydrogens (tertiary/aromatic N) is 2. The van der Waals surface area contributed by atoms with Gasteiger partial charge in [-0.25, -0.2) is 10.4 Å². The largest absolute Gasteiger partial charge is 0.472 e. The van der Waals surface area contributed by atoms with E-state index in [4.69, 9.17) is 25.4 Å². The Morgan fingerprint density at radius 3 is 1.50 bits per heavy atom. The normalized spacial score (nSPS) is 5.70. The van der Waals surface area contributed by atoms with Gasteiger partial charge in [0.15, 0.2) is 0 Å². The molecule has 0 aliphatic heterocycles. The molecule has 0 saturated carbocycles. The van der Waals surface area contributed by atoms with Gasteiger partial charge in [-0.1, -0.05) is 0 Å². The van der Waals surface area contributed by atoms with Crippen LogP contribution in [0.15, 0.2) is 0 Å². The molecule has 0 spiro atoms. The third-order valence-corrected chi connectivity index (χ3v) is 0.105. The summed E-state index contributed by atoms with van der Waals surface area (Å²) in [6.45, 7) is 0. The Bertz CT molecular complexity index is 93.9. The molecule has 0 radical (unpaired) electrons. The third-order valence-electron chi connectivity index (χ3n) is 0.105. The van der Waals surface area contributed by atoms with Gasteiger partial charge in [-0.05, 0) is 0 Å². The fourth-order valence-electron chi connectivity index (χ4n) is 0. The van der Waals surface area contributed by atoms with Crippen LogP contribution in [0.1, 0.15) is 0 Å². The minimum absolute atomic E-state index is 0. The van der Waals surface area contributed by atoms with E-state index in [1.807, 2.05) is 0 Å². The van der Waals surface area contributed by atoms with Gasteiger partial charge in [0.2, 0.25) is 0 Å². The molecule has 0 atom stereocenters. The fourth-order valence-corrected chi connectivity index (χ4v) is 0. The summed E-state index contributed by atoms with van der Waals surface area (Å²) in [5.74, 6) is 2.49. The van der Waals surface area contributed by atoms with E-state index in [1.165, 1.54) is 0 Å². The zero-order valence-electron chi connectivity index (χ0n) is 4.84. The van der Waals surface area contributed by atoms with Crippen LogP contribution in [0.5, 0.6) is 0 Å². The molecule has 0 aromatic rings. The maximum atomic E-state index is 8.89. The van der Waals surface area contributed by atoms with Crippen LogP contribution in [0.2, 0.25) is 0 Å². The zero-order valence-corrected chi connectivity index (χ0v) is 4.84. The average molecular weight is 160 g/mol. The smallest absolute Gasteiger partial charge is 0.344 e. The van der Waals surface area contributed by atoms with Gasteiger partial charge in [0.25, 0.3) is 0 Å². The number of quaternary nitrogens is 1. The first-order valence-corrected chi connectivity index (χ1v) is 1.42. The molecule has 0 unspecified atom stereocenters. The van der Waals surface area contributed by atoms with Gasteiger partial charge in [0.1, 0.15) is 4.91 Å². The molecule has 10 nitrogen and oxygen atoms in total. The Labute approximate surface area is 53.9 Å². The quantitative estimate of drug-likeness (QED) is 0.254. The van der Waals surface area contributed by atoms with Gasteiger partial charge in [-0.3, -0.25) is 0 Å². The summed E-state index contributed by atoms with van der Waals surface area (Å²) in [6.07, 6.45) is 0. The molecule has 0 rings (SSSR count). The van der Waals surface area contributed by atoms with Gasteiger partial charge >= 0.3 is 10.2 Å². The second-order valence-corrected chi connectivity index (χ2v) is 0.605. The molecule has 10 heavy (non-hydrogen) atoms. The number of rotatable bonds is 1.